The van der Waals surface area contributed by atoms with Crippen molar-refractivity contribution in [2.45, 2.75) is 26.2 Å². The predicted molar refractivity (Wildman–Crippen MR) is 132 cm³/mol. The lowest BCUT2D eigenvalue weighted by Gasteiger charge is -2.12. The van der Waals surface area contributed by atoms with E-state index in [2.05, 4.69) is 9.97 Å². The average molecular weight is 471 g/mol. The van der Waals surface area contributed by atoms with Crippen LogP contribution in [0.15, 0.2) is 67.0 Å². The molecular formula is C28H26N2O5. The lowest BCUT2D eigenvalue weighted by Crippen LogP contribution is -2.13. The first-order chi connectivity index (χ1) is 17.0. The number of Topliss-reactive ketones (excluding diaryl/α,β-unsaturated/α-hetero) is 2. The van der Waals surface area contributed by atoms with Crippen LogP contribution >= 0.6 is 0 Å². The molecule has 2 heterocycles. The fourth-order valence-corrected chi connectivity index (χ4v) is 3.80. The van der Waals surface area contributed by atoms with Crippen molar-refractivity contribution in [2.75, 3.05) is 14.2 Å². The summed E-state index contributed by atoms with van der Waals surface area (Å²) in [5.74, 6) is 2.15. The van der Waals surface area contributed by atoms with Gasteiger partial charge in [-0.2, -0.15) is 0 Å². The van der Waals surface area contributed by atoms with Crippen LogP contribution in [-0.2, 0) is 22.4 Å². The highest BCUT2D eigenvalue weighted by atomic mass is 16.5. The third-order valence-electron chi connectivity index (χ3n) is 5.64. The molecule has 2 aromatic heterocycles. The van der Waals surface area contributed by atoms with Crippen molar-refractivity contribution in [3.05, 3.63) is 83.8 Å². The zero-order chi connectivity index (χ0) is 24.8. The van der Waals surface area contributed by atoms with Gasteiger partial charge < -0.3 is 14.2 Å². The second-order valence-electron chi connectivity index (χ2n) is 8.15. The summed E-state index contributed by atoms with van der Waals surface area (Å²) in [6.45, 7) is 1.91. The van der Waals surface area contributed by atoms with Crippen LogP contribution in [0.4, 0.5) is 0 Å². The van der Waals surface area contributed by atoms with Crippen molar-refractivity contribution in [1.29, 1.82) is 0 Å². The fraction of sp³-hybridized carbons (Fsp3) is 0.214. The second kappa shape index (κ2) is 10.8. The maximum absolute atomic E-state index is 12.4. The number of methoxy groups -OCH3 is 2. The molecule has 0 N–H and O–H groups in total. The van der Waals surface area contributed by atoms with Gasteiger partial charge in [0.05, 0.1) is 31.9 Å². The minimum absolute atomic E-state index is 0.109. The van der Waals surface area contributed by atoms with Crippen molar-refractivity contribution in [3.8, 4) is 23.0 Å². The van der Waals surface area contributed by atoms with Crippen LogP contribution in [0.25, 0.3) is 10.9 Å². The quantitative estimate of drug-likeness (QED) is 0.299. The molecule has 0 aliphatic heterocycles. The van der Waals surface area contributed by atoms with Gasteiger partial charge in [0.25, 0.3) is 0 Å². The largest absolute Gasteiger partial charge is 0.493 e. The number of hydrogen-bond acceptors (Lipinski definition) is 7. The zero-order valence-electron chi connectivity index (χ0n) is 19.9. The number of pyridine rings is 2. The molecule has 0 spiro atoms. The molecule has 7 nitrogen and oxygen atoms in total. The molecule has 0 aliphatic carbocycles. The molecule has 0 saturated heterocycles. The summed E-state index contributed by atoms with van der Waals surface area (Å²) in [5.41, 5.74) is 3.19. The first-order valence-electron chi connectivity index (χ1n) is 11.2. The summed E-state index contributed by atoms with van der Waals surface area (Å²) >= 11 is 0. The normalized spacial score (nSPS) is 10.7. The lowest BCUT2D eigenvalue weighted by atomic mass is 10.0. The average Bonchev–Trinajstić information content (AvgIpc) is 2.86. The van der Waals surface area contributed by atoms with Gasteiger partial charge in [0.1, 0.15) is 23.1 Å². The molecule has 0 fully saturated rings. The third kappa shape index (κ3) is 5.81. The first kappa shape index (κ1) is 23.9. The van der Waals surface area contributed by atoms with E-state index in [9.17, 15) is 9.59 Å². The molecule has 0 atom stereocenters. The van der Waals surface area contributed by atoms with Crippen LogP contribution in [0.5, 0.6) is 23.0 Å². The van der Waals surface area contributed by atoms with Gasteiger partial charge in [-0.15, -0.1) is 0 Å². The van der Waals surface area contributed by atoms with E-state index in [-0.39, 0.29) is 30.8 Å². The topological polar surface area (TPSA) is 87.6 Å². The molecule has 0 saturated carbocycles. The van der Waals surface area contributed by atoms with Crippen molar-refractivity contribution < 1.29 is 23.8 Å². The van der Waals surface area contributed by atoms with Crippen molar-refractivity contribution in [3.63, 3.8) is 0 Å². The Kier molecular flexibility index (Phi) is 7.35. The third-order valence-corrected chi connectivity index (χ3v) is 5.64. The first-order valence-corrected chi connectivity index (χ1v) is 11.2. The van der Waals surface area contributed by atoms with Crippen LogP contribution in [0.1, 0.15) is 23.2 Å². The number of ketones is 2. The lowest BCUT2D eigenvalue weighted by molar-refractivity contribution is -0.126. The van der Waals surface area contributed by atoms with Crippen LogP contribution in [0.2, 0.25) is 0 Å². The molecular weight excluding hydrogens is 444 g/mol. The fourth-order valence-electron chi connectivity index (χ4n) is 3.80. The Morgan fingerprint density at radius 3 is 2.23 bits per heavy atom. The maximum atomic E-state index is 12.4. The van der Waals surface area contributed by atoms with Gasteiger partial charge in [0.15, 0.2) is 11.5 Å². The van der Waals surface area contributed by atoms with Crippen LogP contribution in [-0.4, -0.2) is 35.8 Å². The molecule has 0 amide bonds. The van der Waals surface area contributed by atoms with Crippen LogP contribution in [0.3, 0.4) is 0 Å². The summed E-state index contributed by atoms with van der Waals surface area (Å²) in [4.78, 5) is 33.4. The zero-order valence-corrected chi connectivity index (χ0v) is 19.9. The number of aromatic nitrogens is 2. The number of nitrogens with zero attached hydrogens (tertiary/aromatic N) is 2. The highest BCUT2D eigenvalue weighted by Crippen LogP contribution is 2.36. The van der Waals surface area contributed by atoms with Crippen molar-refractivity contribution in [1.82, 2.24) is 9.97 Å². The molecule has 178 valence electrons. The molecule has 35 heavy (non-hydrogen) atoms. The van der Waals surface area contributed by atoms with E-state index in [4.69, 9.17) is 14.2 Å². The Labute approximate surface area is 203 Å². The number of ether oxygens (including phenoxy) is 3. The van der Waals surface area contributed by atoms with Crippen LogP contribution in [0, 0.1) is 6.92 Å². The Bertz CT molecular complexity index is 1370. The number of carbonyl (C=O) groups is 2. The summed E-state index contributed by atoms with van der Waals surface area (Å²) in [6.07, 6.45) is 3.57. The molecule has 4 rings (SSSR count). The van der Waals surface area contributed by atoms with Gasteiger partial charge in [-0.05, 0) is 48.4 Å². The molecule has 4 aromatic rings. The number of benzene rings is 2. The molecule has 0 unspecified atom stereocenters. The smallest absolute Gasteiger partial charge is 0.162 e. The van der Waals surface area contributed by atoms with E-state index in [0.717, 1.165) is 16.5 Å². The second-order valence-corrected chi connectivity index (χ2v) is 8.15. The highest BCUT2D eigenvalue weighted by molar-refractivity contribution is 6.00. The summed E-state index contributed by atoms with van der Waals surface area (Å²) in [5, 5.41) is 0.783. The monoisotopic (exact) mass is 470 g/mol. The van der Waals surface area contributed by atoms with E-state index in [1.54, 1.807) is 50.9 Å². The SMILES string of the molecule is COc1cc2nccc(Oc3ccc(CC(=O)CC(=O)Cc4ncccc4C)cc3)c2cc1OC. The van der Waals surface area contributed by atoms with E-state index < -0.39 is 0 Å². The van der Waals surface area contributed by atoms with E-state index in [0.29, 0.717) is 34.2 Å². The van der Waals surface area contributed by atoms with Gasteiger partial charge in [0.2, 0.25) is 0 Å². The Morgan fingerprint density at radius 2 is 1.51 bits per heavy atom. The van der Waals surface area contributed by atoms with E-state index in [1.807, 2.05) is 37.3 Å². The molecule has 0 bridgehead atoms. The number of fused-ring (bicyclic) bond motifs is 1. The van der Waals surface area contributed by atoms with Gasteiger partial charge >= 0.3 is 0 Å². The standard InChI is InChI=1S/C28H26N2O5/c1-18-5-4-11-29-24(18)15-21(32)14-20(31)13-19-6-8-22(9-7-19)35-26-10-12-30-25-17-28(34-3)27(33-2)16-23(25)26/h4-12,16-17H,13-15H2,1-3H3. The van der Waals surface area contributed by atoms with Crippen molar-refractivity contribution >= 4 is 22.5 Å². The van der Waals surface area contributed by atoms with Gasteiger partial charge in [-0.3, -0.25) is 19.6 Å². The van der Waals surface area contributed by atoms with Gasteiger partial charge in [-0.25, -0.2) is 0 Å². The highest BCUT2D eigenvalue weighted by Gasteiger charge is 2.14. The molecule has 7 heteroatoms. The van der Waals surface area contributed by atoms with Gasteiger partial charge in [-0.1, -0.05) is 18.2 Å². The minimum atomic E-state index is -0.131. The van der Waals surface area contributed by atoms with Crippen molar-refractivity contribution in [2.24, 2.45) is 0 Å². The molecule has 0 aliphatic rings. The number of aryl methyl sites for hydroxylation is 1. The van der Waals surface area contributed by atoms with E-state index >= 15 is 0 Å². The number of rotatable bonds is 10. The number of hydrogen-bond donors (Lipinski definition) is 0. The predicted octanol–water partition coefficient (Wildman–Crippen LogP) is 5.06. The molecule has 0 radical (unpaired) electrons. The molecule has 2 aromatic carbocycles. The van der Waals surface area contributed by atoms with Crippen LogP contribution < -0.4 is 14.2 Å². The Hall–Kier alpha value is -4.26. The Balaban J connectivity index is 1.40. The summed E-state index contributed by atoms with van der Waals surface area (Å²) in [7, 11) is 3.15. The maximum Gasteiger partial charge on any atom is 0.162 e. The summed E-state index contributed by atoms with van der Waals surface area (Å²) < 4.78 is 16.8. The van der Waals surface area contributed by atoms with E-state index in [1.165, 1.54) is 0 Å². The Morgan fingerprint density at radius 1 is 0.800 bits per heavy atom. The minimum Gasteiger partial charge on any atom is -0.493 e. The van der Waals surface area contributed by atoms with Gasteiger partial charge in [0, 0.05) is 36.7 Å². The summed E-state index contributed by atoms with van der Waals surface area (Å²) in [6, 6.07) is 16.4. The number of carbonyl (C=O) groups excluding carboxylic acids is 2.